The molecule has 6 aromatic rings. The molecular weight excluding hydrogens is 815 g/mol. The van der Waals surface area contributed by atoms with Gasteiger partial charge in [0.15, 0.2) is 23.0 Å². The third-order valence-electron chi connectivity index (χ3n) is 13.1. The van der Waals surface area contributed by atoms with Crippen LogP contribution in [0.25, 0.3) is 44.3 Å². The number of likely N-dealkylation sites (N-methyl/N-ethyl adjacent to an activating group) is 1. The largest absolute Gasteiger partial charge is 0.493 e. The number of benzene rings is 4. The third kappa shape index (κ3) is 9.19. The minimum atomic E-state index is -2.52. The number of likely N-dealkylation sites (tertiary alicyclic amines) is 1. The van der Waals surface area contributed by atoms with Crippen LogP contribution in [0.2, 0.25) is 0 Å². The van der Waals surface area contributed by atoms with Crippen molar-refractivity contribution in [3.8, 4) is 45.5 Å². The van der Waals surface area contributed by atoms with E-state index in [0.29, 0.717) is 65.1 Å². The number of hydrogen-bond donors (Lipinski definition) is 2. The summed E-state index contributed by atoms with van der Waals surface area (Å²) in [5.74, 6) is 2.67. The Balaban J connectivity index is 0.885. The number of fused-ring (bicyclic) bond motifs is 2. The van der Waals surface area contributed by atoms with E-state index in [-0.39, 0.29) is 30.6 Å². The van der Waals surface area contributed by atoms with Crippen molar-refractivity contribution in [1.82, 2.24) is 24.9 Å². The fourth-order valence-corrected chi connectivity index (χ4v) is 9.62. The van der Waals surface area contributed by atoms with Crippen LogP contribution in [0.3, 0.4) is 0 Å². The van der Waals surface area contributed by atoms with Crippen molar-refractivity contribution in [2.45, 2.75) is 63.2 Å². The summed E-state index contributed by atoms with van der Waals surface area (Å²) in [5, 5.41) is 5.45. The summed E-state index contributed by atoms with van der Waals surface area (Å²) in [7, 11) is 8.05. The molecule has 2 saturated heterocycles. The summed E-state index contributed by atoms with van der Waals surface area (Å²) in [6, 6.07) is 23.1. The van der Waals surface area contributed by atoms with Gasteiger partial charge in [0.05, 0.1) is 46.4 Å². The topological polar surface area (TPSA) is 95.3 Å². The fraction of sp³-hybridized carbons (Fsp3) is 0.408. The number of piperidine rings is 2. The van der Waals surface area contributed by atoms with Crippen molar-refractivity contribution in [2.24, 2.45) is 0 Å². The normalized spacial score (nSPS) is 15.8. The number of amides is 1. The predicted molar refractivity (Wildman–Crippen MR) is 238 cm³/mol. The van der Waals surface area contributed by atoms with E-state index in [1.54, 1.807) is 57.7 Å². The molecule has 0 spiro atoms. The molecule has 2 N–H and O–H groups in total. The Morgan fingerprint density at radius 1 is 0.619 bits per heavy atom. The van der Waals surface area contributed by atoms with Crippen LogP contribution >= 0.6 is 0 Å². The number of hydrogen-bond acceptors (Lipinski definition) is 7. The van der Waals surface area contributed by atoms with E-state index >= 15 is 0 Å². The SMILES string of the molecule is COc1ccc(-c2[nH]c3ccc(C4CCN(CC(=O)N(C)N5CCC(c6ccc7[nH]c(-c8ccc(OC)c(OC)c8)c(CC(F)F)c7c6)CC5)CC4)cc3c2CC(F)F)cc1OC. The van der Waals surface area contributed by atoms with E-state index in [1.165, 1.54) is 0 Å². The molecule has 63 heavy (non-hydrogen) atoms. The third-order valence-corrected chi connectivity index (χ3v) is 13.1. The molecule has 1 amide bonds. The second-order valence-electron chi connectivity index (χ2n) is 16.6. The molecule has 0 aliphatic carbocycles. The van der Waals surface area contributed by atoms with Crippen LogP contribution in [-0.4, -0.2) is 112 Å². The van der Waals surface area contributed by atoms with Crippen LogP contribution in [0.4, 0.5) is 17.6 Å². The summed E-state index contributed by atoms with van der Waals surface area (Å²) >= 11 is 0. The zero-order chi connectivity index (χ0) is 44.4. The highest BCUT2D eigenvalue weighted by molar-refractivity contribution is 5.93. The van der Waals surface area contributed by atoms with Gasteiger partial charge < -0.3 is 28.9 Å². The molecule has 10 nitrogen and oxygen atoms in total. The van der Waals surface area contributed by atoms with Gasteiger partial charge in [-0.3, -0.25) is 14.7 Å². The number of alkyl halides is 4. The van der Waals surface area contributed by atoms with Crippen molar-refractivity contribution in [3.63, 3.8) is 0 Å². The Kier molecular flexibility index (Phi) is 13.2. The first-order chi connectivity index (χ1) is 30.5. The number of nitrogens with one attached hydrogen (secondary N) is 2. The van der Waals surface area contributed by atoms with Crippen molar-refractivity contribution in [2.75, 3.05) is 68.2 Å². The molecule has 2 aromatic heterocycles. The van der Waals surface area contributed by atoms with Gasteiger partial charge in [0.1, 0.15) is 0 Å². The molecule has 14 heteroatoms. The Morgan fingerprint density at radius 3 is 1.46 bits per heavy atom. The average molecular weight is 870 g/mol. The van der Waals surface area contributed by atoms with E-state index in [9.17, 15) is 22.4 Å². The van der Waals surface area contributed by atoms with Crippen LogP contribution in [0.1, 0.15) is 59.8 Å². The lowest BCUT2D eigenvalue weighted by Gasteiger charge is -2.39. The van der Waals surface area contributed by atoms with Crippen LogP contribution in [0.5, 0.6) is 23.0 Å². The minimum Gasteiger partial charge on any atom is -0.493 e. The quantitative estimate of drug-likeness (QED) is 0.0993. The maximum atomic E-state index is 14.0. The summed E-state index contributed by atoms with van der Waals surface area (Å²) in [6.45, 7) is 3.21. The number of aromatic amines is 2. The zero-order valence-electron chi connectivity index (χ0n) is 36.4. The van der Waals surface area contributed by atoms with Crippen molar-refractivity contribution >= 4 is 27.7 Å². The summed E-state index contributed by atoms with van der Waals surface area (Å²) in [5.41, 5.74) is 7.74. The van der Waals surface area contributed by atoms with Gasteiger partial charge in [0, 0.05) is 65.9 Å². The molecule has 8 rings (SSSR count). The fourth-order valence-electron chi connectivity index (χ4n) is 9.62. The maximum Gasteiger partial charge on any atom is 0.250 e. The Bertz CT molecular complexity index is 2560. The zero-order valence-corrected chi connectivity index (χ0v) is 36.4. The molecule has 2 aliphatic rings. The van der Waals surface area contributed by atoms with Gasteiger partial charge in [-0.25, -0.2) is 22.6 Å². The Hall–Kier alpha value is -5.73. The molecule has 0 atom stereocenters. The van der Waals surface area contributed by atoms with Crippen LogP contribution in [0.15, 0.2) is 72.8 Å². The first kappa shape index (κ1) is 43.9. The average Bonchev–Trinajstić information content (AvgIpc) is 3.84. The molecule has 0 unspecified atom stereocenters. The number of nitrogens with zero attached hydrogens (tertiary/aromatic N) is 3. The molecule has 0 saturated carbocycles. The number of halogens is 4. The highest BCUT2D eigenvalue weighted by Crippen LogP contribution is 2.41. The number of carbonyl (C=O) groups excluding carboxylic acids is 1. The van der Waals surface area contributed by atoms with Crippen molar-refractivity contribution in [1.29, 1.82) is 0 Å². The minimum absolute atomic E-state index is 0.0352. The molecule has 2 fully saturated rings. The Labute approximate surface area is 365 Å². The van der Waals surface area contributed by atoms with Gasteiger partial charge in [-0.15, -0.1) is 0 Å². The smallest absolute Gasteiger partial charge is 0.250 e. The first-order valence-corrected chi connectivity index (χ1v) is 21.5. The highest BCUT2D eigenvalue weighted by atomic mass is 19.3. The molecule has 4 aromatic carbocycles. The van der Waals surface area contributed by atoms with Crippen molar-refractivity contribution in [3.05, 3.63) is 95.1 Å². The molecule has 334 valence electrons. The van der Waals surface area contributed by atoms with Gasteiger partial charge in [0.2, 0.25) is 12.9 Å². The second-order valence-corrected chi connectivity index (χ2v) is 16.6. The highest BCUT2D eigenvalue weighted by Gasteiger charge is 2.29. The van der Waals surface area contributed by atoms with E-state index < -0.39 is 12.9 Å². The number of hydrazine groups is 1. The molecule has 4 heterocycles. The summed E-state index contributed by atoms with van der Waals surface area (Å²) in [6.07, 6.45) is -2.44. The standard InChI is InChI=1S/C49H55F4N5O5/c1-56(58-20-16-30(17-21-58)32-7-11-40-36(23-32)38(27-46(52)53)49(55-40)34-9-13-42(61-3)44(25-34)63-5)47(59)28-57-18-14-29(15-19-57)31-6-10-39-35(22-31)37(26-45(50)51)48(54-39)33-8-12-41(60-2)43(24-33)62-4/h6-13,22-25,29-30,45-46,54-55H,14-21,26-28H2,1-5H3. The van der Waals surface area contributed by atoms with Gasteiger partial charge >= 0.3 is 0 Å². The second kappa shape index (κ2) is 18.9. The van der Waals surface area contributed by atoms with E-state index in [2.05, 4.69) is 44.1 Å². The maximum absolute atomic E-state index is 14.0. The van der Waals surface area contributed by atoms with E-state index in [0.717, 1.165) is 82.8 Å². The number of aromatic nitrogens is 2. The lowest BCUT2D eigenvalue weighted by atomic mass is 9.88. The lowest BCUT2D eigenvalue weighted by molar-refractivity contribution is -0.149. The number of methoxy groups -OCH3 is 4. The van der Waals surface area contributed by atoms with Crippen LogP contribution in [0, 0.1) is 0 Å². The number of rotatable bonds is 15. The van der Waals surface area contributed by atoms with Crippen LogP contribution in [-0.2, 0) is 17.6 Å². The van der Waals surface area contributed by atoms with Gasteiger partial charge in [0.25, 0.3) is 5.91 Å². The lowest BCUT2D eigenvalue weighted by Crippen LogP contribution is -2.51. The molecule has 2 aliphatic heterocycles. The number of ether oxygens (including phenoxy) is 4. The predicted octanol–water partition coefficient (Wildman–Crippen LogP) is 10.1. The van der Waals surface area contributed by atoms with Gasteiger partial charge in [-0.05, 0) is 134 Å². The molecule has 0 bridgehead atoms. The van der Waals surface area contributed by atoms with Gasteiger partial charge in [-0.1, -0.05) is 12.1 Å². The Morgan fingerprint density at radius 2 is 1.05 bits per heavy atom. The summed E-state index contributed by atoms with van der Waals surface area (Å²) < 4.78 is 77.8. The van der Waals surface area contributed by atoms with E-state index in [1.807, 2.05) is 31.3 Å². The van der Waals surface area contributed by atoms with Crippen molar-refractivity contribution < 1.29 is 41.3 Å². The number of carbonyl (C=O) groups is 1. The van der Waals surface area contributed by atoms with Gasteiger partial charge in [-0.2, -0.15) is 0 Å². The molecule has 0 radical (unpaired) electrons. The first-order valence-electron chi connectivity index (χ1n) is 21.5. The van der Waals surface area contributed by atoms with Crippen LogP contribution < -0.4 is 18.9 Å². The number of H-pyrrole nitrogens is 2. The summed E-state index contributed by atoms with van der Waals surface area (Å²) in [4.78, 5) is 22.6. The van der Waals surface area contributed by atoms with E-state index in [4.69, 9.17) is 18.9 Å². The monoisotopic (exact) mass is 869 g/mol. The molecular formula is C49H55F4N5O5.